The van der Waals surface area contributed by atoms with Gasteiger partial charge in [-0.05, 0) is 42.2 Å². The fraction of sp³-hybridized carbons (Fsp3) is 0.270. The van der Waals surface area contributed by atoms with Crippen molar-refractivity contribution < 1.29 is 31.9 Å². The third kappa shape index (κ3) is 8.57. The molecular formula is C37H34F4N7O3+. The number of ether oxygens (including phenoxy) is 1. The minimum atomic E-state index is -4.52. The molecule has 3 atom stereocenters. The van der Waals surface area contributed by atoms with Gasteiger partial charge in [0.1, 0.15) is 18.2 Å². The molecule has 1 aliphatic rings. The summed E-state index contributed by atoms with van der Waals surface area (Å²) in [7, 11) is 0. The standard InChI is InChI=1S/C37H33F4N7O3/c1-42-33(32(22-8-4-2-5-9-22)23-10-6-3-7-11-23)36(50)48-30-19-43-18-27(38)26(30)14-13-25-17-44-31(20-51-25)34-46-28-15-12-24(16-29(28)47-34)35(49)45-21-37(39,40)41/h1-12,15-16,18-19,25,31-33,44H,13-14,17,20-21H2,(H2-,45,46,47,48,49,50)/p+1. The number of H-pyrrole nitrogens is 1. The van der Waals surface area contributed by atoms with Gasteiger partial charge in [-0.1, -0.05) is 65.5 Å². The molecule has 1 saturated heterocycles. The number of carbonyl (C=O) groups excluding carboxylic acids is 2. The third-order valence-corrected chi connectivity index (χ3v) is 8.67. The molecule has 3 unspecified atom stereocenters. The van der Waals surface area contributed by atoms with Crippen LogP contribution in [-0.4, -0.2) is 64.8 Å². The molecule has 2 amide bonds. The van der Waals surface area contributed by atoms with Crippen molar-refractivity contribution in [2.24, 2.45) is 0 Å². The lowest BCUT2D eigenvalue weighted by Crippen LogP contribution is -2.41. The van der Waals surface area contributed by atoms with Crippen LogP contribution in [0.4, 0.5) is 23.2 Å². The average Bonchev–Trinajstić information content (AvgIpc) is 3.57. The van der Waals surface area contributed by atoms with E-state index in [9.17, 15) is 22.8 Å². The number of halogens is 4. The molecule has 51 heavy (non-hydrogen) atoms. The second kappa shape index (κ2) is 15.5. The molecule has 0 spiro atoms. The van der Waals surface area contributed by atoms with E-state index < -0.39 is 42.3 Å². The fourth-order valence-electron chi connectivity index (χ4n) is 6.12. The minimum Gasteiger partial charge on any atom is -0.375 e. The molecule has 4 N–H and O–H groups in total. The smallest absolute Gasteiger partial charge is 0.375 e. The molecule has 1 aliphatic heterocycles. The van der Waals surface area contributed by atoms with E-state index in [4.69, 9.17) is 11.3 Å². The number of alkyl halides is 3. The Morgan fingerprint density at radius 1 is 1.02 bits per heavy atom. The Labute approximate surface area is 290 Å². The second-order valence-corrected chi connectivity index (χ2v) is 12.1. The van der Waals surface area contributed by atoms with Crippen molar-refractivity contribution in [1.29, 1.82) is 0 Å². The lowest BCUT2D eigenvalue weighted by atomic mass is 9.85. The number of nitrogens with zero attached hydrogens (tertiary/aromatic N) is 3. The summed E-state index contributed by atoms with van der Waals surface area (Å²) in [5, 5.41) is 8.03. The molecule has 3 heterocycles. The molecule has 1 fully saturated rings. The predicted octanol–water partition coefficient (Wildman–Crippen LogP) is 6.15. The molecule has 5 aromatic rings. The first kappa shape index (κ1) is 35.2. The van der Waals surface area contributed by atoms with Gasteiger partial charge in [-0.25, -0.2) is 9.37 Å². The van der Waals surface area contributed by atoms with Crippen LogP contribution in [0.2, 0.25) is 0 Å². The number of morpholine rings is 1. The van der Waals surface area contributed by atoms with Crippen LogP contribution in [0.3, 0.4) is 0 Å². The first-order valence-electron chi connectivity index (χ1n) is 16.2. The van der Waals surface area contributed by atoms with E-state index >= 15 is 4.39 Å². The van der Waals surface area contributed by atoms with E-state index in [-0.39, 0.29) is 42.0 Å². The van der Waals surface area contributed by atoms with Crippen LogP contribution in [0.1, 0.15) is 51.3 Å². The van der Waals surface area contributed by atoms with Crippen molar-refractivity contribution in [2.75, 3.05) is 25.0 Å². The molecule has 0 bridgehead atoms. The van der Waals surface area contributed by atoms with Crippen molar-refractivity contribution in [3.63, 3.8) is 0 Å². The van der Waals surface area contributed by atoms with Crippen molar-refractivity contribution in [1.82, 2.24) is 25.6 Å². The number of hydrogen-bond acceptors (Lipinski definition) is 6. The van der Waals surface area contributed by atoms with Crippen LogP contribution in [0.25, 0.3) is 15.9 Å². The highest BCUT2D eigenvalue weighted by molar-refractivity contribution is 5.98. The zero-order chi connectivity index (χ0) is 36.0. The van der Waals surface area contributed by atoms with Crippen molar-refractivity contribution in [3.8, 4) is 6.57 Å². The number of aromatic amines is 1. The molecule has 0 saturated carbocycles. The summed E-state index contributed by atoms with van der Waals surface area (Å²) in [6.07, 6.45) is -1.67. The maximum absolute atomic E-state index is 15.2. The van der Waals surface area contributed by atoms with E-state index in [1.54, 1.807) is 6.07 Å². The van der Waals surface area contributed by atoms with Crippen molar-refractivity contribution >= 4 is 28.5 Å². The molecule has 3 aromatic carbocycles. The highest BCUT2D eigenvalue weighted by Crippen LogP contribution is 2.32. The quantitative estimate of drug-likeness (QED) is 0.123. The lowest BCUT2D eigenvalue weighted by molar-refractivity contribution is -0.123. The van der Waals surface area contributed by atoms with E-state index in [1.165, 1.54) is 18.3 Å². The van der Waals surface area contributed by atoms with Gasteiger partial charge in [-0.2, -0.15) is 13.2 Å². The predicted molar refractivity (Wildman–Crippen MR) is 183 cm³/mol. The molecular weight excluding hydrogens is 666 g/mol. The summed E-state index contributed by atoms with van der Waals surface area (Å²) >= 11 is 0. The highest BCUT2D eigenvalue weighted by Gasteiger charge is 2.39. The van der Waals surface area contributed by atoms with Gasteiger partial charge in [0, 0.05) is 17.7 Å². The van der Waals surface area contributed by atoms with E-state index in [0.717, 1.165) is 17.3 Å². The number of carbonyl (C=O) groups is 2. The van der Waals surface area contributed by atoms with Gasteiger partial charge in [-0.3, -0.25) is 14.6 Å². The van der Waals surface area contributed by atoms with Crippen LogP contribution in [0, 0.1) is 12.4 Å². The largest absolute Gasteiger partial charge is 0.405 e. The molecule has 6 rings (SSSR count). The summed E-state index contributed by atoms with van der Waals surface area (Å²) in [6.45, 7) is 5.05. The van der Waals surface area contributed by atoms with Gasteiger partial charge in [-0.15, -0.1) is 0 Å². The maximum atomic E-state index is 15.2. The van der Waals surface area contributed by atoms with Gasteiger partial charge in [0.15, 0.2) is 0 Å². The topological polar surface area (TPSA) is 125 Å². The third-order valence-electron chi connectivity index (χ3n) is 8.67. The van der Waals surface area contributed by atoms with Crippen LogP contribution >= 0.6 is 0 Å². The van der Waals surface area contributed by atoms with Gasteiger partial charge >= 0.3 is 18.1 Å². The second-order valence-electron chi connectivity index (χ2n) is 12.1. The van der Waals surface area contributed by atoms with Gasteiger partial charge in [0.2, 0.25) is 0 Å². The Hall–Kier alpha value is -5.65. The number of amides is 2. The Kier molecular flexibility index (Phi) is 10.7. The summed E-state index contributed by atoms with van der Waals surface area (Å²) in [6, 6.07) is 21.9. The van der Waals surface area contributed by atoms with Crippen LogP contribution in [-0.2, 0) is 16.0 Å². The summed E-state index contributed by atoms with van der Waals surface area (Å²) in [4.78, 5) is 41.5. The molecule has 0 aliphatic carbocycles. The Morgan fingerprint density at radius 3 is 2.35 bits per heavy atom. The van der Waals surface area contributed by atoms with E-state index in [2.05, 4.69) is 30.4 Å². The number of pyridine rings is 1. The fourth-order valence-corrected chi connectivity index (χ4v) is 6.12. The highest BCUT2D eigenvalue weighted by atomic mass is 19.4. The molecule has 2 aromatic heterocycles. The Balaban J connectivity index is 1.08. The number of aromatic nitrogens is 3. The van der Waals surface area contributed by atoms with Crippen LogP contribution in [0.5, 0.6) is 0 Å². The van der Waals surface area contributed by atoms with Crippen molar-refractivity contribution in [3.05, 3.63) is 130 Å². The first-order chi connectivity index (χ1) is 24.6. The summed E-state index contributed by atoms with van der Waals surface area (Å²) in [5.74, 6) is -1.90. The number of anilines is 1. The number of benzene rings is 3. The van der Waals surface area contributed by atoms with Gasteiger partial charge < -0.3 is 25.7 Å². The summed E-state index contributed by atoms with van der Waals surface area (Å²) in [5.41, 5.74) is 3.25. The Morgan fingerprint density at radius 2 is 1.73 bits per heavy atom. The molecule has 262 valence electrons. The van der Waals surface area contributed by atoms with Gasteiger partial charge in [0.05, 0.1) is 53.8 Å². The number of rotatable bonds is 11. The zero-order valence-corrected chi connectivity index (χ0v) is 27.2. The lowest BCUT2D eigenvalue weighted by Gasteiger charge is -2.29. The van der Waals surface area contributed by atoms with Crippen LogP contribution < -0.4 is 16.0 Å². The molecule has 10 nitrogen and oxygen atoms in total. The van der Waals surface area contributed by atoms with E-state index in [0.29, 0.717) is 29.8 Å². The Bertz CT molecular complexity index is 1990. The summed E-state index contributed by atoms with van der Waals surface area (Å²) < 4.78 is 58.8. The van der Waals surface area contributed by atoms with Crippen LogP contribution in [0.15, 0.2) is 91.3 Å². The molecule has 0 radical (unpaired) electrons. The average molecular weight is 701 g/mol. The van der Waals surface area contributed by atoms with Gasteiger partial charge in [0.25, 0.3) is 12.5 Å². The monoisotopic (exact) mass is 700 g/mol. The number of imidazole rings is 1. The molecule has 14 heteroatoms. The number of nitrogens with one attached hydrogen (secondary N) is 4. The normalized spacial score (nSPS) is 16.8. The van der Waals surface area contributed by atoms with Crippen molar-refractivity contribution in [2.45, 2.75) is 43.1 Å². The zero-order valence-electron chi connectivity index (χ0n) is 27.2. The number of fused-ring (bicyclic) bond motifs is 1. The number of hydrogen-bond donors (Lipinski definition) is 4. The SMILES string of the molecule is C#[N+]C(C(=O)Nc1cncc(F)c1CCC1CNC(c2nc3ccc(C(=O)NCC(F)(F)F)cc3[nH]2)CO1)C(c1ccccc1)c1ccccc1. The minimum absolute atomic E-state index is 0.0638. The first-order valence-corrected chi connectivity index (χ1v) is 16.2. The maximum Gasteiger partial charge on any atom is 0.405 e. The van der Waals surface area contributed by atoms with E-state index in [1.807, 2.05) is 66.0 Å².